The predicted octanol–water partition coefficient (Wildman–Crippen LogP) is 0.909. The third-order valence-corrected chi connectivity index (χ3v) is 2.15. The highest BCUT2D eigenvalue weighted by Crippen LogP contribution is 2.02. The minimum absolute atomic E-state index is 0.241. The van der Waals surface area contributed by atoms with Crippen molar-refractivity contribution in [1.82, 2.24) is 10.6 Å². The van der Waals surface area contributed by atoms with E-state index in [1.807, 2.05) is 37.3 Å². The Morgan fingerprint density at radius 2 is 2.00 bits per heavy atom. The molecule has 0 radical (unpaired) electrons. The second-order valence-corrected chi connectivity index (χ2v) is 3.58. The standard InChI is InChI=1S/C12H18N2O2/c1-2-13-12(16)14-9-11(15)8-10-6-4-3-5-7-10/h3-7,11,15H,2,8-9H2,1H3,(H2,13,14,16). The molecule has 1 rings (SSSR count). The molecule has 1 aromatic rings. The van der Waals surface area contributed by atoms with Crippen LogP contribution in [0.1, 0.15) is 12.5 Å². The molecule has 0 aromatic heterocycles. The Balaban J connectivity index is 2.26. The second-order valence-electron chi connectivity index (χ2n) is 3.58. The lowest BCUT2D eigenvalue weighted by Crippen LogP contribution is -2.40. The van der Waals surface area contributed by atoms with Gasteiger partial charge in [0.25, 0.3) is 0 Å². The quantitative estimate of drug-likeness (QED) is 0.693. The van der Waals surface area contributed by atoms with Crippen molar-refractivity contribution in [3.63, 3.8) is 0 Å². The Bertz CT molecular complexity index is 314. The summed E-state index contributed by atoms with van der Waals surface area (Å²) < 4.78 is 0. The molecule has 0 bridgehead atoms. The summed E-state index contributed by atoms with van der Waals surface area (Å²) in [6, 6.07) is 9.46. The van der Waals surface area contributed by atoms with E-state index >= 15 is 0 Å². The van der Waals surface area contributed by atoms with Crippen LogP contribution in [-0.2, 0) is 6.42 Å². The van der Waals surface area contributed by atoms with Gasteiger partial charge < -0.3 is 15.7 Å². The largest absolute Gasteiger partial charge is 0.391 e. The van der Waals surface area contributed by atoms with Gasteiger partial charge in [0.1, 0.15) is 0 Å². The molecule has 1 aromatic carbocycles. The average molecular weight is 222 g/mol. The van der Waals surface area contributed by atoms with Crippen molar-refractivity contribution in [3.05, 3.63) is 35.9 Å². The molecular formula is C12H18N2O2. The zero-order valence-electron chi connectivity index (χ0n) is 9.44. The van der Waals surface area contributed by atoms with Crippen molar-refractivity contribution < 1.29 is 9.90 Å². The maximum absolute atomic E-state index is 11.1. The van der Waals surface area contributed by atoms with Crippen LogP contribution in [0.15, 0.2) is 30.3 Å². The number of aliphatic hydroxyl groups excluding tert-OH is 1. The molecule has 0 spiro atoms. The van der Waals surface area contributed by atoms with E-state index in [2.05, 4.69) is 10.6 Å². The summed E-state index contributed by atoms with van der Waals surface area (Å²) in [6.45, 7) is 2.70. The highest BCUT2D eigenvalue weighted by molar-refractivity contribution is 5.73. The van der Waals surface area contributed by atoms with E-state index in [1.165, 1.54) is 0 Å². The molecule has 0 aliphatic heterocycles. The van der Waals surface area contributed by atoms with Gasteiger partial charge in [-0.05, 0) is 12.5 Å². The molecule has 2 amide bonds. The molecule has 0 heterocycles. The maximum atomic E-state index is 11.1. The van der Waals surface area contributed by atoms with Crippen LogP contribution in [0.4, 0.5) is 4.79 Å². The van der Waals surface area contributed by atoms with Gasteiger partial charge in [-0.2, -0.15) is 0 Å². The number of hydrogen-bond acceptors (Lipinski definition) is 2. The van der Waals surface area contributed by atoms with Crippen LogP contribution in [-0.4, -0.2) is 30.3 Å². The minimum Gasteiger partial charge on any atom is -0.391 e. The van der Waals surface area contributed by atoms with Crippen LogP contribution >= 0.6 is 0 Å². The molecule has 0 saturated heterocycles. The molecule has 0 saturated carbocycles. The first-order valence-electron chi connectivity index (χ1n) is 5.46. The molecular weight excluding hydrogens is 204 g/mol. The predicted molar refractivity (Wildman–Crippen MR) is 63.2 cm³/mol. The summed E-state index contributed by atoms with van der Waals surface area (Å²) in [6.07, 6.45) is -0.00207. The lowest BCUT2D eigenvalue weighted by molar-refractivity contribution is 0.170. The number of hydrogen-bond donors (Lipinski definition) is 3. The highest BCUT2D eigenvalue weighted by Gasteiger charge is 2.06. The summed E-state index contributed by atoms with van der Waals surface area (Å²) in [5.41, 5.74) is 1.06. The molecule has 1 unspecified atom stereocenters. The van der Waals surface area contributed by atoms with Crippen LogP contribution in [0, 0.1) is 0 Å². The Hall–Kier alpha value is -1.55. The number of urea groups is 1. The number of carbonyl (C=O) groups excluding carboxylic acids is 1. The van der Waals surface area contributed by atoms with Gasteiger partial charge in [0.05, 0.1) is 6.10 Å². The molecule has 4 heteroatoms. The normalized spacial score (nSPS) is 11.9. The van der Waals surface area contributed by atoms with Gasteiger partial charge in [-0.25, -0.2) is 4.79 Å². The van der Waals surface area contributed by atoms with Gasteiger partial charge in [-0.1, -0.05) is 30.3 Å². The lowest BCUT2D eigenvalue weighted by atomic mass is 10.1. The van der Waals surface area contributed by atoms with Gasteiger partial charge in [-0.3, -0.25) is 0 Å². The Morgan fingerprint density at radius 1 is 1.31 bits per heavy atom. The van der Waals surface area contributed by atoms with Crippen molar-refractivity contribution in [2.75, 3.05) is 13.1 Å². The van der Waals surface area contributed by atoms with Crippen molar-refractivity contribution in [2.24, 2.45) is 0 Å². The first-order chi connectivity index (χ1) is 7.72. The number of nitrogens with one attached hydrogen (secondary N) is 2. The number of amides is 2. The van der Waals surface area contributed by atoms with Crippen LogP contribution in [0.25, 0.3) is 0 Å². The fourth-order valence-corrected chi connectivity index (χ4v) is 1.39. The molecule has 0 aliphatic rings. The SMILES string of the molecule is CCNC(=O)NCC(O)Cc1ccccc1. The van der Waals surface area contributed by atoms with Gasteiger partial charge in [0.2, 0.25) is 0 Å². The average Bonchev–Trinajstić information content (AvgIpc) is 2.28. The molecule has 0 fully saturated rings. The van der Waals surface area contributed by atoms with Crippen molar-refractivity contribution in [1.29, 1.82) is 0 Å². The molecule has 1 atom stereocenters. The zero-order valence-corrected chi connectivity index (χ0v) is 9.44. The topological polar surface area (TPSA) is 61.4 Å². The fourth-order valence-electron chi connectivity index (χ4n) is 1.39. The first-order valence-corrected chi connectivity index (χ1v) is 5.46. The highest BCUT2D eigenvalue weighted by atomic mass is 16.3. The van der Waals surface area contributed by atoms with Crippen molar-refractivity contribution in [2.45, 2.75) is 19.4 Å². The summed E-state index contributed by atoms with van der Waals surface area (Å²) in [5, 5.41) is 14.9. The molecule has 3 N–H and O–H groups in total. The van der Waals surface area contributed by atoms with Crippen LogP contribution in [0.5, 0.6) is 0 Å². The monoisotopic (exact) mass is 222 g/mol. The maximum Gasteiger partial charge on any atom is 0.314 e. The Kier molecular flexibility index (Phi) is 5.36. The van der Waals surface area contributed by atoms with Crippen molar-refractivity contribution >= 4 is 6.03 Å². The van der Waals surface area contributed by atoms with E-state index in [0.29, 0.717) is 13.0 Å². The third-order valence-electron chi connectivity index (χ3n) is 2.15. The molecule has 88 valence electrons. The summed E-state index contributed by atoms with van der Waals surface area (Å²) >= 11 is 0. The van der Waals surface area contributed by atoms with E-state index in [-0.39, 0.29) is 12.6 Å². The minimum atomic E-state index is -0.551. The molecule has 0 aliphatic carbocycles. The van der Waals surface area contributed by atoms with E-state index in [1.54, 1.807) is 0 Å². The van der Waals surface area contributed by atoms with Gasteiger partial charge in [-0.15, -0.1) is 0 Å². The molecule has 16 heavy (non-hydrogen) atoms. The van der Waals surface area contributed by atoms with Crippen molar-refractivity contribution in [3.8, 4) is 0 Å². The Morgan fingerprint density at radius 3 is 2.62 bits per heavy atom. The van der Waals surface area contributed by atoms with E-state index in [0.717, 1.165) is 5.56 Å². The molecule has 4 nitrogen and oxygen atoms in total. The van der Waals surface area contributed by atoms with E-state index in [9.17, 15) is 9.90 Å². The lowest BCUT2D eigenvalue weighted by Gasteiger charge is -2.12. The summed E-state index contributed by atoms with van der Waals surface area (Å²) in [4.78, 5) is 11.1. The number of rotatable bonds is 5. The van der Waals surface area contributed by atoms with Crippen LogP contribution in [0.3, 0.4) is 0 Å². The first kappa shape index (κ1) is 12.5. The summed E-state index contributed by atoms with van der Waals surface area (Å²) in [5.74, 6) is 0. The third kappa shape index (κ3) is 4.79. The van der Waals surface area contributed by atoms with Gasteiger partial charge in [0, 0.05) is 19.5 Å². The second kappa shape index (κ2) is 6.85. The van der Waals surface area contributed by atoms with Gasteiger partial charge in [0.15, 0.2) is 0 Å². The number of benzene rings is 1. The number of aliphatic hydroxyl groups is 1. The zero-order chi connectivity index (χ0) is 11.8. The van der Waals surface area contributed by atoms with E-state index < -0.39 is 6.10 Å². The fraction of sp³-hybridized carbons (Fsp3) is 0.417. The van der Waals surface area contributed by atoms with Crippen LogP contribution in [0.2, 0.25) is 0 Å². The summed E-state index contributed by atoms with van der Waals surface area (Å²) in [7, 11) is 0. The van der Waals surface area contributed by atoms with Gasteiger partial charge >= 0.3 is 6.03 Å². The number of carbonyl (C=O) groups is 1. The Labute approximate surface area is 95.7 Å². The van der Waals surface area contributed by atoms with Crippen LogP contribution < -0.4 is 10.6 Å². The smallest absolute Gasteiger partial charge is 0.314 e. The van der Waals surface area contributed by atoms with E-state index in [4.69, 9.17) is 0 Å².